The van der Waals surface area contributed by atoms with E-state index in [-0.39, 0.29) is 38.2 Å². The van der Waals surface area contributed by atoms with Gasteiger partial charge in [0.15, 0.2) is 12.1 Å². The van der Waals surface area contributed by atoms with Gasteiger partial charge in [-0.1, -0.05) is 33.8 Å². The second-order valence-electron chi connectivity index (χ2n) is 15.9. The van der Waals surface area contributed by atoms with Gasteiger partial charge in [0.2, 0.25) is 5.91 Å². The van der Waals surface area contributed by atoms with Crippen molar-refractivity contribution >= 4 is 34.9 Å². The van der Waals surface area contributed by atoms with E-state index in [9.17, 15) is 24.6 Å². The summed E-state index contributed by atoms with van der Waals surface area (Å²) in [5.41, 5.74) is 0.567. The molecule has 3 N–H and O–H groups in total. The van der Waals surface area contributed by atoms with Crippen LogP contribution in [0.3, 0.4) is 0 Å². The van der Waals surface area contributed by atoms with E-state index < -0.39 is 83.2 Å². The van der Waals surface area contributed by atoms with Gasteiger partial charge in [-0.2, -0.15) is 5.10 Å². The van der Waals surface area contributed by atoms with Crippen molar-refractivity contribution in [1.82, 2.24) is 9.88 Å². The number of aliphatic imine (C=N–C) groups is 1. The summed E-state index contributed by atoms with van der Waals surface area (Å²) in [7, 11) is 3.74. The molecule has 3 aliphatic heterocycles. The molecule has 1 aromatic rings. The molecule has 0 radical (unpaired) electrons. The van der Waals surface area contributed by atoms with Crippen LogP contribution < -0.4 is 5.43 Å². The van der Waals surface area contributed by atoms with Gasteiger partial charge < -0.3 is 38.8 Å². The van der Waals surface area contributed by atoms with Crippen molar-refractivity contribution in [2.75, 3.05) is 32.7 Å². The molecule has 0 aromatic carbocycles. The van der Waals surface area contributed by atoms with Crippen molar-refractivity contribution in [1.29, 1.82) is 0 Å². The van der Waals surface area contributed by atoms with E-state index in [0.29, 0.717) is 23.7 Å². The normalized spacial score (nSPS) is 40.4. The molecule has 0 spiro atoms. The molecule has 15 nitrogen and oxygen atoms in total. The molecular formula is C39H61N5O10. The van der Waals surface area contributed by atoms with Gasteiger partial charge in [0.25, 0.3) is 0 Å². The number of amides is 1. The molecule has 15 heteroatoms. The number of cyclic esters (lactones) is 1. The van der Waals surface area contributed by atoms with E-state index in [4.69, 9.17) is 23.7 Å². The Hall–Kier alpha value is -3.18. The fraction of sp³-hybridized carbons (Fsp3) is 0.744. The fourth-order valence-corrected chi connectivity index (χ4v) is 8.18. The third kappa shape index (κ3) is 9.97. The van der Waals surface area contributed by atoms with E-state index >= 15 is 0 Å². The lowest BCUT2D eigenvalue weighted by Crippen LogP contribution is -2.60. The largest absolute Gasteiger partial charge is 0.459 e. The fourth-order valence-electron chi connectivity index (χ4n) is 8.18. The Morgan fingerprint density at radius 2 is 1.81 bits per heavy atom. The Labute approximate surface area is 319 Å². The van der Waals surface area contributed by atoms with Crippen LogP contribution >= 0.6 is 0 Å². The first-order valence-corrected chi connectivity index (χ1v) is 19.0. The molecule has 3 aliphatic rings. The van der Waals surface area contributed by atoms with Gasteiger partial charge in [-0.15, -0.1) is 0 Å². The summed E-state index contributed by atoms with van der Waals surface area (Å²) in [5, 5.41) is 28.5. The van der Waals surface area contributed by atoms with Gasteiger partial charge in [-0.25, -0.2) is 9.98 Å². The number of aliphatic hydroxyl groups is 2. The Morgan fingerprint density at radius 1 is 1.11 bits per heavy atom. The van der Waals surface area contributed by atoms with Crippen LogP contribution in [0.5, 0.6) is 0 Å². The van der Waals surface area contributed by atoms with Gasteiger partial charge in [-0.05, 0) is 79.1 Å². The molecule has 54 heavy (non-hydrogen) atoms. The molecule has 2 bridgehead atoms. The first-order valence-electron chi connectivity index (χ1n) is 19.0. The minimum atomic E-state index is -1.82. The number of ketones is 1. The highest BCUT2D eigenvalue weighted by Crippen LogP contribution is 2.40. The second kappa shape index (κ2) is 18.2. The van der Waals surface area contributed by atoms with Crippen LogP contribution in [0.15, 0.2) is 34.5 Å². The van der Waals surface area contributed by atoms with Crippen molar-refractivity contribution < 1.29 is 48.3 Å². The molecule has 3 fully saturated rings. The lowest BCUT2D eigenvalue weighted by molar-refractivity contribution is -0.296. The number of esters is 1. The molecule has 4 rings (SSSR count). The number of hydrazone groups is 1. The number of hydrogen-bond acceptors (Lipinski definition) is 14. The molecule has 4 heterocycles. The number of ether oxygens (including phenoxy) is 5. The molecule has 0 aliphatic carbocycles. The summed E-state index contributed by atoms with van der Waals surface area (Å²) in [4.78, 5) is 51.6. The lowest BCUT2D eigenvalue weighted by Gasteiger charge is -2.47. The summed E-state index contributed by atoms with van der Waals surface area (Å²) in [5.74, 6) is -4.73. The van der Waals surface area contributed by atoms with Crippen LogP contribution in [0.25, 0.3) is 0 Å². The third-order valence-electron chi connectivity index (χ3n) is 11.1. The number of pyridine rings is 1. The van der Waals surface area contributed by atoms with Gasteiger partial charge in [0.1, 0.15) is 29.5 Å². The lowest BCUT2D eigenvalue weighted by atomic mass is 9.73. The van der Waals surface area contributed by atoms with Crippen LogP contribution in [0, 0.1) is 23.7 Å². The highest BCUT2D eigenvalue weighted by Gasteiger charge is 2.53. The van der Waals surface area contributed by atoms with E-state index in [1.807, 2.05) is 45.8 Å². The Balaban J connectivity index is 1.97. The smallest absolute Gasteiger partial charge is 0.316 e. The number of nitrogens with zero attached hydrogens (tertiary/aromatic N) is 4. The number of carbonyl (C=O) groups is 3. The maximum Gasteiger partial charge on any atom is 0.316 e. The molecule has 13 atom stereocenters. The van der Waals surface area contributed by atoms with E-state index in [1.54, 1.807) is 39.1 Å². The monoisotopic (exact) mass is 759 g/mol. The zero-order valence-corrected chi connectivity index (χ0v) is 33.6. The number of likely N-dealkylation sites (N-methyl/N-ethyl adjacent to an activating group) is 1. The maximum absolute atomic E-state index is 14.4. The summed E-state index contributed by atoms with van der Waals surface area (Å²) < 4.78 is 32.3. The summed E-state index contributed by atoms with van der Waals surface area (Å²) in [6, 6.07) is 5.02. The zero-order valence-electron chi connectivity index (χ0n) is 33.6. The number of fused-ring (bicyclic) bond motifs is 5. The molecule has 3 saturated heterocycles. The van der Waals surface area contributed by atoms with Crippen molar-refractivity contribution in [2.45, 2.75) is 136 Å². The van der Waals surface area contributed by atoms with Crippen molar-refractivity contribution in [3.63, 3.8) is 0 Å². The Bertz CT molecular complexity index is 1520. The number of nitrogens with one attached hydrogen (secondary N) is 1. The predicted molar refractivity (Wildman–Crippen MR) is 202 cm³/mol. The van der Waals surface area contributed by atoms with Gasteiger partial charge in [0, 0.05) is 36.7 Å². The highest BCUT2D eigenvalue weighted by molar-refractivity contribution is 6.00. The summed E-state index contributed by atoms with van der Waals surface area (Å²) >= 11 is 0. The van der Waals surface area contributed by atoms with Gasteiger partial charge in [0.05, 0.1) is 42.8 Å². The summed E-state index contributed by atoms with van der Waals surface area (Å²) in [6.07, 6.45) is -3.31. The number of hydrogen-bond donors (Lipinski definition) is 3. The van der Waals surface area contributed by atoms with Crippen LogP contribution in [-0.4, -0.2) is 131 Å². The van der Waals surface area contributed by atoms with Crippen LogP contribution in [0.4, 0.5) is 5.82 Å². The SMILES string of the molecule is CC[C@H]1OC(=O)[C@H](C)C(=O)[C@H](C)[C@@H](O[C@@H]2O[C@H](C)C[C@H](N(C)C)[C@H]2O)[C@@]2(C)C[C@@H](C)C(=NC(C)=O)[C@H](C)C(OC/C(=N/Nc3ccccn3)CO2)[C@]1(C)O. The number of aromatic nitrogens is 1. The van der Waals surface area contributed by atoms with E-state index in [1.165, 1.54) is 20.8 Å². The third-order valence-corrected chi connectivity index (χ3v) is 11.1. The zero-order chi connectivity index (χ0) is 40.1. The first-order chi connectivity index (χ1) is 25.3. The maximum atomic E-state index is 14.4. The number of aliphatic hydroxyl groups excluding tert-OH is 1. The average molecular weight is 760 g/mol. The molecule has 1 aromatic heterocycles. The first kappa shape index (κ1) is 43.5. The van der Waals surface area contributed by atoms with E-state index in [2.05, 4.69) is 20.5 Å². The summed E-state index contributed by atoms with van der Waals surface area (Å²) in [6.45, 7) is 14.9. The molecule has 0 saturated carbocycles. The highest BCUT2D eigenvalue weighted by atomic mass is 16.7. The number of rotatable bonds is 6. The molecular weight excluding hydrogens is 698 g/mol. The molecule has 1 amide bonds. The van der Waals surface area contributed by atoms with Crippen LogP contribution in [-0.2, 0) is 38.1 Å². The predicted octanol–water partition coefficient (Wildman–Crippen LogP) is 3.41. The van der Waals surface area contributed by atoms with Crippen molar-refractivity contribution in [3.8, 4) is 0 Å². The number of Topliss-reactive ketones (excluding diaryl/α,β-unsaturated/α-hetero) is 1. The van der Waals surface area contributed by atoms with Gasteiger partial charge in [-0.3, -0.25) is 19.8 Å². The number of carbonyl (C=O) groups excluding carboxylic acids is 3. The topological polar surface area (TPSA) is 191 Å². The van der Waals surface area contributed by atoms with Crippen LogP contribution in [0.1, 0.15) is 81.6 Å². The molecule has 302 valence electrons. The van der Waals surface area contributed by atoms with Crippen molar-refractivity contribution in [3.05, 3.63) is 24.4 Å². The Morgan fingerprint density at radius 3 is 2.43 bits per heavy atom. The van der Waals surface area contributed by atoms with Crippen LogP contribution in [0.2, 0.25) is 0 Å². The van der Waals surface area contributed by atoms with Crippen molar-refractivity contribution in [2.24, 2.45) is 33.8 Å². The minimum absolute atomic E-state index is 0.126. The number of anilines is 1. The van der Waals surface area contributed by atoms with E-state index in [0.717, 1.165) is 0 Å². The quantitative estimate of drug-likeness (QED) is 0.218. The second-order valence-corrected chi connectivity index (χ2v) is 15.9. The Kier molecular flexibility index (Phi) is 14.7. The minimum Gasteiger partial charge on any atom is -0.459 e. The average Bonchev–Trinajstić information content (AvgIpc) is 3.13. The molecule has 1 unspecified atom stereocenters. The van der Waals surface area contributed by atoms with Gasteiger partial charge >= 0.3 is 5.97 Å². The standard InChI is InChI=1S/C39H61N5O10/c1-12-29-39(9,49)35-23(4)31(41-26(7)45)21(2)18-38(8,51-20-27(19-50-35)42-43-30-15-13-14-16-40-30)34(24(5)32(46)25(6)36(48)53-29)54-37-33(47)28(44(10)11)17-22(3)52-37/h13-16,21-25,28-29,33-35,37,47,49H,12,17-20H2,1-11H3,(H,40,43)/b41-31?,42-27-/t21-,22-,23+,24+,25-,28+,29-,33-,34-,35?,37+,38-,39-/m1/s1.